The molecule has 15 heteroatoms. The van der Waals surface area contributed by atoms with Gasteiger partial charge in [0, 0.05) is 12.2 Å². The number of aliphatic carboxylic acids is 1. The quantitative estimate of drug-likeness (QED) is 0.479. The fourth-order valence-corrected chi connectivity index (χ4v) is 6.10. The Morgan fingerprint density at radius 3 is 2.63 bits per heavy atom. The molecule has 0 radical (unpaired) electrons. The number of benzene rings is 1. The summed E-state index contributed by atoms with van der Waals surface area (Å²) < 4.78 is 26.0. The van der Waals surface area contributed by atoms with Crippen LogP contribution >= 0.6 is 22.9 Å². The Bertz CT molecular complexity index is 1390. The number of carboxylic acids is 1. The monoisotopic (exact) mass is 608 g/mol. The van der Waals surface area contributed by atoms with E-state index in [1.54, 1.807) is 0 Å². The van der Waals surface area contributed by atoms with Crippen molar-refractivity contribution in [3.63, 3.8) is 0 Å². The molecule has 4 heterocycles. The number of thiophene rings is 1. The third-order valence-corrected chi connectivity index (χ3v) is 8.32. The summed E-state index contributed by atoms with van der Waals surface area (Å²) in [7, 11) is 0. The Hall–Kier alpha value is -3.59. The van der Waals surface area contributed by atoms with Crippen LogP contribution < -0.4 is 9.80 Å². The molecule has 1 N–H and O–H groups in total. The first-order valence-corrected chi connectivity index (χ1v) is 14.0. The molecule has 3 saturated heterocycles. The number of morpholine rings is 1. The Labute approximate surface area is 242 Å². The summed E-state index contributed by atoms with van der Waals surface area (Å²) in [6, 6.07) is 6.15. The van der Waals surface area contributed by atoms with E-state index in [9.17, 15) is 29.1 Å². The summed E-state index contributed by atoms with van der Waals surface area (Å²) >= 11 is 6.96. The molecular formula is C26H26ClFN4O8S. The van der Waals surface area contributed by atoms with Crippen molar-refractivity contribution in [1.82, 2.24) is 9.80 Å². The molecule has 0 saturated carbocycles. The average Bonchev–Trinajstić information content (AvgIpc) is 3.67. The fourth-order valence-electron chi connectivity index (χ4n) is 5.10. The number of likely N-dealkylation sites (tertiary alicyclic amines) is 1. The smallest absolute Gasteiger partial charge is 0.414 e. The third kappa shape index (κ3) is 6.20. The van der Waals surface area contributed by atoms with Gasteiger partial charge in [-0.1, -0.05) is 11.6 Å². The second-order valence-electron chi connectivity index (χ2n) is 9.73. The summed E-state index contributed by atoms with van der Waals surface area (Å²) in [6.07, 6.45) is -0.873. The molecule has 2 atom stereocenters. The molecule has 0 unspecified atom stereocenters. The number of hydrogen-bond acceptors (Lipinski definition) is 9. The first-order chi connectivity index (χ1) is 19.6. The van der Waals surface area contributed by atoms with Crippen LogP contribution in [0.15, 0.2) is 30.3 Å². The van der Waals surface area contributed by atoms with Crippen LogP contribution in [-0.2, 0) is 23.9 Å². The van der Waals surface area contributed by atoms with E-state index >= 15 is 4.39 Å². The summed E-state index contributed by atoms with van der Waals surface area (Å²) in [4.78, 5) is 68.2. The van der Waals surface area contributed by atoms with E-state index in [-0.39, 0.29) is 49.3 Å². The van der Waals surface area contributed by atoms with Crippen LogP contribution in [0.4, 0.5) is 20.6 Å². The normalized spacial score (nSPS) is 21.3. The predicted octanol–water partition coefficient (Wildman–Crippen LogP) is 2.45. The van der Waals surface area contributed by atoms with E-state index in [4.69, 9.17) is 21.1 Å². The number of halogens is 2. The van der Waals surface area contributed by atoms with Gasteiger partial charge in [0.2, 0.25) is 5.91 Å². The number of amides is 4. The van der Waals surface area contributed by atoms with Gasteiger partial charge in [-0.15, -0.1) is 11.3 Å². The largest absolute Gasteiger partial charge is 0.480 e. The maximum atomic E-state index is 15.2. The van der Waals surface area contributed by atoms with Crippen molar-refractivity contribution in [2.45, 2.75) is 25.0 Å². The molecule has 0 aliphatic carbocycles. The van der Waals surface area contributed by atoms with Crippen molar-refractivity contribution >= 4 is 64.1 Å². The lowest BCUT2D eigenvalue weighted by atomic mass is 10.2. The Morgan fingerprint density at radius 1 is 1.15 bits per heavy atom. The van der Waals surface area contributed by atoms with Crippen molar-refractivity contribution in [2.75, 3.05) is 55.7 Å². The number of carbonyl (C=O) groups is 5. The van der Waals surface area contributed by atoms with Crippen LogP contribution in [0.5, 0.6) is 0 Å². The zero-order valence-corrected chi connectivity index (χ0v) is 23.2. The standard InChI is InChI=1S/C26H26ClFN4O8S/c27-21-6-5-20(41-21)24(35)32(22(33)13-29-7-1-2-19(29)25(36)37)12-16-11-31(26(38)40-16)18-4-3-15(10-17(18)28)30-8-9-39-14-23(30)34/h3-6,10,16,19H,1-2,7-9,11-14H2,(H,36,37)/t16-,19+/m1/s1. The number of cyclic esters (lactones) is 1. The highest BCUT2D eigenvalue weighted by Gasteiger charge is 2.39. The van der Waals surface area contributed by atoms with Crippen molar-refractivity contribution in [1.29, 1.82) is 0 Å². The van der Waals surface area contributed by atoms with E-state index in [0.29, 0.717) is 36.0 Å². The Morgan fingerprint density at radius 2 is 1.95 bits per heavy atom. The highest BCUT2D eigenvalue weighted by Crippen LogP contribution is 2.30. The van der Waals surface area contributed by atoms with Gasteiger partial charge in [-0.3, -0.25) is 33.9 Å². The second-order valence-corrected chi connectivity index (χ2v) is 11.4. The molecule has 0 spiro atoms. The van der Waals surface area contributed by atoms with Crippen LogP contribution in [0, 0.1) is 5.82 Å². The minimum absolute atomic E-state index is 0.0856. The summed E-state index contributed by atoms with van der Waals surface area (Å²) in [5, 5.41) is 9.48. The lowest BCUT2D eigenvalue weighted by Gasteiger charge is -2.27. The highest BCUT2D eigenvalue weighted by molar-refractivity contribution is 7.18. The number of anilines is 2. The van der Waals surface area contributed by atoms with Crippen molar-refractivity contribution in [3.05, 3.63) is 45.4 Å². The molecule has 1 aromatic carbocycles. The highest BCUT2D eigenvalue weighted by atomic mass is 35.5. The lowest BCUT2D eigenvalue weighted by molar-refractivity contribution is -0.143. The van der Waals surface area contributed by atoms with E-state index in [0.717, 1.165) is 27.2 Å². The molecule has 218 valence electrons. The van der Waals surface area contributed by atoms with Crippen LogP contribution in [0.1, 0.15) is 22.5 Å². The molecule has 3 aliphatic heterocycles. The zero-order valence-electron chi connectivity index (χ0n) is 21.7. The fraction of sp³-hybridized carbons (Fsp3) is 0.423. The van der Waals surface area contributed by atoms with Gasteiger partial charge in [0.05, 0.1) is 41.1 Å². The molecule has 5 rings (SSSR count). The Balaban J connectivity index is 1.32. The van der Waals surface area contributed by atoms with Crippen molar-refractivity contribution in [2.24, 2.45) is 0 Å². The van der Waals surface area contributed by atoms with Gasteiger partial charge >= 0.3 is 12.1 Å². The topological polar surface area (TPSA) is 137 Å². The van der Waals surface area contributed by atoms with Gasteiger partial charge in [0.1, 0.15) is 24.6 Å². The average molecular weight is 609 g/mol. The van der Waals surface area contributed by atoms with Gasteiger partial charge in [0.25, 0.3) is 11.8 Å². The van der Waals surface area contributed by atoms with Gasteiger partial charge in [0.15, 0.2) is 0 Å². The van der Waals surface area contributed by atoms with E-state index in [2.05, 4.69) is 0 Å². The van der Waals surface area contributed by atoms with Crippen LogP contribution in [0.25, 0.3) is 0 Å². The maximum absolute atomic E-state index is 15.2. The van der Waals surface area contributed by atoms with E-state index in [1.807, 2.05) is 0 Å². The molecule has 2 aromatic rings. The number of carbonyl (C=O) groups excluding carboxylic acids is 4. The lowest BCUT2D eigenvalue weighted by Crippen LogP contribution is -2.49. The number of rotatable bonds is 8. The van der Waals surface area contributed by atoms with Crippen LogP contribution in [0.2, 0.25) is 4.34 Å². The number of imide groups is 1. The van der Waals surface area contributed by atoms with E-state index < -0.39 is 41.8 Å². The molecular weight excluding hydrogens is 583 g/mol. The number of nitrogens with zero attached hydrogens (tertiary/aromatic N) is 4. The summed E-state index contributed by atoms with van der Waals surface area (Å²) in [5.41, 5.74) is 0.236. The minimum Gasteiger partial charge on any atom is -0.480 e. The number of carboxylic acid groups (broad SMARTS) is 1. The SMILES string of the molecule is O=C(O)[C@@H]1CCCN1CC(=O)N(C[C@H]1CN(c2ccc(N3CCOCC3=O)cc2F)C(=O)O1)C(=O)c1ccc(Cl)s1. The molecule has 4 amide bonds. The molecule has 12 nitrogen and oxygen atoms in total. The van der Waals surface area contributed by atoms with E-state index in [1.165, 1.54) is 34.1 Å². The van der Waals surface area contributed by atoms with Gasteiger partial charge < -0.3 is 19.5 Å². The van der Waals surface area contributed by atoms with Gasteiger partial charge in [-0.2, -0.15) is 0 Å². The summed E-state index contributed by atoms with van der Waals surface area (Å²) in [6.45, 7) is 0.0524. The molecule has 1 aromatic heterocycles. The second kappa shape index (κ2) is 12.1. The summed E-state index contributed by atoms with van der Waals surface area (Å²) in [5.74, 6) is -3.45. The van der Waals surface area contributed by atoms with Gasteiger partial charge in [-0.25, -0.2) is 9.18 Å². The first-order valence-electron chi connectivity index (χ1n) is 12.8. The first kappa shape index (κ1) is 28.9. The molecule has 3 fully saturated rings. The minimum atomic E-state index is -1.05. The molecule has 3 aliphatic rings. The van der Waals surface area contributed by atoms with Crippen LogP contribution in [-0.4, -0.2) is 103 Å². The van der Waals surface area contributed by atoms with Crippen molar-refractivity contribution in [3.8, 4) is 0 Å². The molecule has 0 bridgehead atoms. The van der Waals surface area contributed by atoms with Crippen molar-refractivity contribution < 1.29 is 42.9 Å². The van der Waals surface area contributed by atoms with Crippen LogP contribution in [0.3, 0.4) is 0 Å². The third-order valence-electron chi connectivity index (χ3n) is 7.10. The maximum Gasteiger partial charge on any atom is 0.414 e. The number of ether oxygens (including phenoxy) is 2. The Kier molecular flexibility index (Phi) is 8.54. The molecule has 41 heavy (non-hydrogen) atoms. The van der Waals surface area contributed by atoms with Gasteiger partial charge in [-0.05, 0) is 49.7 Å². The number of hydrogen-bond donors (Lipinski definition) is 1. The zero-order chi connectivity index (χ0) is 29.3. The predicted molar refractivity (Wildman–Crippen MR) is 145 cm³/mol.